The molecule has 0 saturated heterocycles. The van der Waals surface area contributed by atoms with Crippen molar-refractivity contribution >= 4 is 17.6 Å². The molecule has 0 aromatic rings. The molecule has 0 atom stereocenters. The van der Waals surface area contributed by atoms with Crippen molar-refractivity contribution in [3.05, 3.63) is 0 Å². The molecule has 0 aliphatic carbocycles. The van der Waals surface area contributed by atoms with Crippen LogP contribution in [0.3, 0.4) is 0 Å². The summed E-state index contributed by atoms with van der Waals surface area (Å²) >= 11 is 0. The molecule has 0 unspecified atom stereocenters. The number of Topliss-reactive ketones (excluding diaryl/α,β-unsaturated/α-hetero) is 1. The summed E-state index contributed by atoms with van der Waals surface area (Å²) in [5.41, 5.74) is 0. The number of hydrogen-bond donors (Lipinski definition) is 2. The van der Waals surface area contributed by atoms with E-state index >= 15 is 0 Å². The molecule has 0 aromatic heterocycles. The molecule has 0 bridgehead atoms. The zero-order valence-corrected chi connectivity index (χ0v) is 16.5. The lowest BCUT2D eigenvalue weighted by molar-refractivity contribution is -0.126. The number of hydrogen-bond acceptors (Lipinski definition) is 6. The van der Waals surface area contributed by atoms with Gasteiger partial charge in [-0.2, -0.15) is 0 Å². The second kappa shape index (κ2) is 15.7. The molecular formula is C18H34N2O6. The molecule has 8 heteroatoms. The van der Waals surface area contributed by atoms with Gasteiger partial charge in [0.2, 0.25) is 11.8 Å². The highest BCUT2D eigenvalue weighted by atomic mass is 16.5. The van der Waals surface area contributed by atoms with Crippen LogP contribution in [0.5, 0.6) is 0 Å². The smallest absolute Gasteiger partial charge is 0.222 e. The number of amides is 2. The third kappa shape index (κ3) is 14.8. The van der Waals surface area contributed by atoms with Gasteiger partial charge in [-0.3, -0.25) is 14.4 Å². The minimum absolute atomic E-state index is 0.00721. The molecule has 0 heterocycles. The van der Waals surface area contributed by atoms with Crippen LogP contribution in [0.4, 0.5) is 0 Å². The molecule has 2 N–H and O–H groups in total. The summed E-state index contributed by atoms with van der Waals surface area (Å²) in [4.78, 5) is 34.2. The van der Waals surface area contributed by atoms with Crippen LogP contribution in [0, 0.1) is 11.8 Å². The predicted octanol–water partition coefficient (Wildman–Crippen LogP) is 0.540. The first kappa shape index (κ1) is 24.5. The van der Waals surface area contributed by atoms with Gasteiger partial charge in [-0.1, -0.05) is 27.7 Å². The van der Waals surface area contributed by atoms with Crippen LogP contribution in [0.1, 0.15) is 34.1 Å². The maximum absolute atomic E-state index is 11.6. The van der Waals surface area contributed by atoms with Crippen LogP contribution in [0.15, 0.2) is 0 Å². The SMILES string of the molecule is CC(C)C(=O)COCCNC(=O)CCOCCOCCNC(=O)C(C)C. The largest absolute Gasteiger partial charge is 0.379 e. The van der Waals surface area contributed by atoms with E-state index in [0.717, 1.165) is 0 Å². The molecule has 2 amide bonds. The van der Waals surface area contributed by atoms with E-state index < -0.39 is 0 Å². The third-order valence-corrected chi connectivity index (χ3v) is 3.37. The van der Waals surface area contributed by atoms with Crippen LogP contribution >= 0.6 is 0 Å². The van der Waals surface area contributed by atoms with Crippen molar-refractivity contribution in [2.24, 2.45) is 11.8 Å². The summed E-state index contributed by atoms with van der Waals surface area (Å²) in [6.07, 6.45) is 0.259. The second-order valence-corrected chi connectivity index (χ2v) is 6.44. The second-order valence-electron chi connectivity index (χ2n) is 6.44. The number of ketones is 1. The molecule has 0 saturated carbocycles. The highest BCUT2D eigenvalue weighted by molar-refractivity contribution is 5.81. The van der Waals surface area contributed by atoms with Crippen LogP contribution < -0.4 is 10.6 Å². The maximum atomic E-state index is 11.6. The van der Waals surface area contributed by atoms with E-state index in [0.29, 0.717) is 46.1 Å². The highest BCUT2D eigenvalue weighted by Crippen LogP contribution is 1.94. The summed E-state index contributed by atoms with van der Waals surface area (Å²) in [6, 6.07) is 0. The Morgan fingerprint density at radius 3 is 1.92 bits per heavy atom. The third-order valence-electron chi connectivity index (χ3n) is 3.37. The summed E-state index contributed by atoms with van der Waals surface area (Å²) in [6.45, 7) is 10.1. The van der Waals surface area contributed by atoms with Crippen molar-refractivity contribution in [3.63, 3.8) is 0 Å². The molecule has 152 valence electrons. The topological polar surface area (TPSA) is 103 Å². The average Bonchev–Trinajstić information content (AvgIpc) is 2.59. The Morgan fingerprint density at radius 1 is 0.731 bits per heavy atom. The monoisotopic (exact) mass is 374 g/mol. The number of rotatable bonds is 16. The quantitative estimate of drug-likeness (QED) is 0.382. The number of carbonyl (C=O) groups is 3. The first-order chi connectivity index (χ1) is 12.3. The van der Waals surface area contributed by atoms with E-state index in [1.54, 1.807) is 0 Å². The number of nitrogens with one attached hydrogen (secondary N) is 2. The molecule has 26 heavy (non-hydrogen) atoms. The fraction of sp³-hybridized carbons (Fsp3) is 0.833. The minimum atomic E-state index is -0.124. The minimum Gasteiger partial charge on any atom is -0.379 e. The Bertz CT molecular complexity index is 412. The van der Waals surface area contributed by atoms with Crippen LogP contribution in [0.25, 0.3) is 0 Å². The molecule has 0 radical (unpaired) electrons. The Kier molecular flexibility index (Phi) is 14.8. The van der Waals surface area contributed by atoms with Gasteiger partial charge in [-0.05, 0) is 0 Å². The van der Waals surface area contributed by atoms with E-state index in [4.69, 9.17) is 14.2 Å². The normalized spacial score (nSPS) is 11.0. The molecule has 0 aliphatic heterocycles. The van der Waals surface area contributed by atoms with Gasteiger partial charge in [0, 0.05) is 31.3 Å². The number of carbonyl (C=O) groups excluding carboxylic acids is 3. The predicted molar refractivity (Wildman–Crippen MR) is 97.8 cm³/mol. The van der Waals surface area contributed by atoms with Crippen LogP contribution in [0.2, 0.25) is 0 Å². The van der Waals surface area contributed by atoms with Crippen molar-refractivity contribution < 1.29 is 28.6 Å². The number of ether oxygens (including phenoxy) is 3. The Hall–Kier alpha value is -1.51. The zero-order chi connectivity index (χ0) is 19.8. The first-order valence-electron chi connectivity index (χ1n) is 9.15. The van der Waals surface area contributed by atoms with Gasteiger partial charge in [-0.15, -0.1) is 0 Å². The fourth-order valence-corrected chi connectivity index (χ4v) is 1.63. The van der Waals surface area contributed by atoms with Crippen LogP contribution in [-0.4, -0.2) is 70.3 Å². The Morgan fingerprint density at radius 2 is 1.31 bits per heavy atom. The van der Waals surface area contributed by atoms with Gasteiger partial charge >= 0.3 is 0 Å². The molecule has 0 aliphatic rings. The average molecular weight is 374 g/mol. The molecule has 0 fully saturated rings. The first-order valence-corrected chi connectivity index (χ1v) is 9.15. The van der Waals surface area contributed by atoms with Gasteiger partial charge in [0.25, 0.3) is 0 Å². The van der Waals surface area contributed by atoms with Gasteiger partial charge < -0.3 is 24.8 Å². The van der Waals surface area contributed by atoms with E-state index in [-0.39, 0.29) is 42.5 Å². The van der Waals surface area contributed by atoms with E-state index in [1.165, 1.54) is 0 Å². The van der Waals surface area contributed by atoms with Crippen LogP contribution in [-0.2, 0) is 28.6 Å². The van der Waals surface area contributed by atoms with Gasteiger partial charge in [0.15, 0.2) is 5.78 Å². The van der Waals surface area contributed by atoms with Gasteiger partial charge in [0.05, 0.1) is 33.0 Å². The Labute approximate surface area is 156 Å². The Balaban J connectivity index is 3.34. The molecule has 0 spiro atoms. The maximum Gasteiger partial charge on any atom is 0.222 e. The van der Waals surface area contributed by atoms with Gasteiger partial charge in [-0.25, -0.2) is 0 Å². The van der Waals surface area contributed by atoms with Crippen molar-refractivity contribution in [1.29, 1.82) is 0 Å². The fourth-order valence-electron chi connectivity index (χ4n) is 1.63. The van der Waals surface area contributed by atoms with Gasteiger partial charge in [0.1, 0.15) is 6.61 Å². The van der Waals surface area contributed by atoms with Crippen molar-refractivity contribution in [2.45, 2.75) is 34.1 Å². The summed E-state index contributed by atoms with van der Waals surface area (Å²) in [5, 5.41) is 5.45. The van der Waals surface area contributed by atoms with Crippen molar-refractivity contribution in [3.8, 4) is 0 Å². The summed E-state index contributed by atoms with van der Waals surface area (Å²) < 4.78 is 15.8. The van der Waals surface area contributed by atoms with Crippen molar-refractivity contribution in [2.75, 3.05) is 52.7 Å². The summed E-state index contributed by atoms with van der Waals surface area (Å²) in [5.74, 6) is -0.133. The molecule has 8 nitrogen and oxygen atoms in total. The lowest BCUT2D eigenvalue weighted by Crippen LogP contribution is -2.31. The molecular weight excluding hydrogens is 340 g/mol. The van der Waals surface area contributed by atoms with E-state index in [9.17, 15) is 14.4 Å². The lowest BCUT2D eigenvalue weighted by atomic mass is 10.1. The molecule has 0 rings (SSSR count). The van der Waals surface area contributed by atoms with E-state index in [1.807, 2.05) is 27.7 Å². The zero-order valence-electron chi connectivity index (χ0n) is 16.5. The lowest BCUT2D eigenvalue weighted by Gasteiger charge is -2.09. The molecule has 0 aromatic carbocycles. The van der Waals surface area contributed by atoms with Crippen molar-refractivity contribution in [1.82, 2.24) is 10.6 Å². The standard InChI is InChI=1S/C18H34N2O6/c1-14(2)16(21)13-26-10-6-19-17(22)5-8-24-11-12-25-9-7-20-18(23)15(3)4/h14-15H,5-13H2,1-4H3,(H,19,22)(H,20,23). The summed E-state index contributed by atoms with van der Waals surface area (Å²) in [7, 11) is 0. The highest BCUT2D eigenvalue weighted by Gasteiger charge is 2.07. The van der Waals surface area contributed by atoms with E-state index in [2.05, 4.69) is 10.6 Å².